The summed E-state index contributed by atoms with van der Waals surface area (Å²) in [6.07, 6.45) is 2.76. The Labute approximate surface area is 191 Å². The van der Waals surface area contributed by atoms with Gasteiger partial charge in [0.2, 0.25) is 5.82 Å². The highest BCUT2D eigenvalue weighted by atomic mass is 32.1. The number of aromatic amines is 1. The fourth-order valence-electron chi connectivity index (χ4n) is 3.62. The third kappa shape index (κ3) is 4.89. The van der Waals surface area contributed by atoms with Gasteiger partial charge in [0.25, 0.3) is 0 Å². The quantitative estimate of drug-likeness (QED) is 0.350. The van der Waals surface area contributed by atoms with Crippen molar-refractivity contribution in [2.24, 2.45) is 5.73 Å². The van der Waals surface area contributed by atoms with Crippen molar-refractivity contribution in [1.82, 2.24) is 25.6 Å². The number of benzene rings is 2. The molecule has 0 amide bonds. The Kier molecular flexibility index (Phi) is 6.66. The molecule has 8 nitrogen and oxygen atoms in total. The maximum Gasteiger partial charge on any atom is 0.205 e. The molecule has 0 fully saturated rings. The van der Waals surface area contributed by atoms with Crippen LogP contribution in [0.2, 0.25) is 0 Å². The molecule has 2 heterocycles. The van der Waals surface area contributed by atoms with Crippen LogP contribution in [0.4, 0.5) is 11.5 Å². The van der Waals surface area contributed by atoms with Crippen LogP contribution in [0.1, 0.15) is 18.9 Å². The van der Waals surface area contributed by atoms with Crippen LogP contribution in [-0.4, -0.2) is 37.3 Å². The summed E-state index contributed by atoms with van der Waals surface area (Å²) in [5, 5.41) is 17.7. The van der Waals surface area contributed by atoms with Gasteiger partial charge >= 0.3 is 0 Å². The Balaban J connectivity index is 1.59. The monoisotopic (exact) mass is 444 g/mol. The topological polar surface area (TPSA) is 109 Å². The number of aromatic nitrogens is 5. The Hall–Kier alpha value is -3.85. The maximum absolute atomic E-state index is 5.70. The van der Waals surface area contributed by atoms with E-state index in [1.165, 1.54) is 5.56 Å². The van der Waals surface area contributed by atoms with Crippen molar-refractivity contribution in [2.45, 2.75) is 19.9 Å². The van der Waals surface area contributed by atoms with E-state index in [1.54, 1.807) is 6.20 Å². The number of rotatable bonds is 8. The molecule has 2 aromatic carbocycles. The summed E-state index contributed by atoms with van der Waals surface area (Å²) in [5.74, 6) is 1.40. The first-order chi connectivity index (χ1) is 15.7. The molecule has 0 spiro atoms. The number of pyridine rings is 1. The average molecular weight is 445 g/mol. The number of nitrogens with zero attached hydrogens (tertiary/aromatic N) is 5. The summed E-state index contributed by atoms with van der Waals surface area (Å²) in [4.78, 5) is 6.80. The van der Waals surface area contributed by atoms with Gasteiger partial charge in [0, 0.05) is 24.8 Å². The van der Waals surface area contributed by atoms with Crippen LogP contribution in [0.25, 0.3) is 22.5 Å². The van der Waals surface area contributed by atoms with Crippen molar-refractivity contribution < 1.29 is 0 Å². The third-order valence-electron chi connectivity index (χ3n) is 4.99. The molecule has 0 bridgehead atoms. The SMILES string of the molecule is CCCN(Cc1ccc(-c2ccccc2-c2nn[nH]n2)cc1)c1ncccc1NC(N)=S. The first kappa shape index (κ1) is 21.4. The van der Waals surface area contributed by atoms with Gasteiger partial charge in [-0.2, -0.15) is 5.21 Å². The van der Waals surface area contributed by atoms with E-state index in [0.717, 1.165) is 41.2 Å². The molecule has 2 aromatic heterocycles. The second-order valence-electron chi connectivity index (χ2n) is 7.26. The molecular formula is C23H24N8S. The first-order valence-corrected chi connectivity index (χ1v) is 10.7. The number of hydrogen-bond donors (Lipinski definition) is 3. The Morgan fingerprint density at radius 2 is 1.84 bits per heavy atom. The van der Waals surface area contributed by atoms with Gasteiger partial charge in [0.05, 0.1) is 5.69 Å². The molecular weight excluding hydrogens is 420 g/mol. The number of hydrogen-bond acceptors (Lipinski definition) is 6. The minimum atomic E-state index is 0.223. The molecule has 0 aliphatic rings. The molecule has 4 N–H and O–H groups in total. The molecule has 4 rings (SSSR count). The van der Waals surface area contributed by atoms with Crippen molar-refractivity contribution in [3.8, 4) is 22.5 Å². The van der Waals surface area contributed by atoms with E-state index in [9.17, 15) is 0 Å². The van der Waals surface area contributed by atoms with Crippen LogP contribution >= 0.6 is 12.2 Å². The highest BCUT2D eigenvalue weighted by Gasteiger charge is 2.14. The summed E-state index contributed by atoms with van der Waals surface area (Å²) < 4.78 is 0. The maximum atomic E-state index is 5.70. The summed E-state index contributed by atoms with van der Waals surface area (Å²) in [5.41, 5.74) is 10.8. The molecule has 0 saturated carbocycles. The molecule has 0 atom stereocenters. The van der Waals surface area contributed by atoms with Crippen LogP contribution in [0.3, 0.4) is 0 Å². The predicted molar refractivity (Wildman–Crippen MR) is 131 cm³/mol. The molecule has 0 aliphatic carbocycles. The first-order valence-electron chi connectivity index (χ1n) is 10.3. The van der Waals surface area contributed by atoms with E-state index in [1.807, 2.05) is 30.3 Å². The lowest BCUT2D eigenvalue weighted by Crippen LogP contribution is -2.27. The van der Waals surface area contributed by atoms with E-state index in [-0.39, 0.29) is 5.11 Å². The van der Waals surface area contributed by atoms with Crippen molar-refractivity contribution in [1.29, 1.82) is 0 Å². The lowest BCUT2D eigenvalue weighted by atomic mass is 9.98. The van der Waals surface area contributed by atoms with E-state index in [2.05, 4.69) is 73.1 Å². The molecule has 0 radical (unpaired) electrons. The zero-order valence-electron chi connectivity index (χ0n) is 17.7. The van der Waals surface area contributed by atoms with Crippen molar-refractivity contribution in [2.75, 3.05) is 16.8 Å². The van der Waals surface area contributed by atoms with Gasteiger partial charge in [-0.15, -0.1) is 10.2 Å². The zero-order valence-corrected chi connectivity index (χ0v) is 18.5. The van der Waals surface area contributed by atoms with Gasteiger partial charge in [0.1, 0.15) is 0 Å². The van der Waals surface area contributed by atoms with Crippen molar-refractivity contribution in [3.05, 3.63) is 72.4 Å². The molecule has 0 saturated heterocycles. The minimum absolute atomic E-state index is 0.223. The lowest BCUT2D eigenvalue weighted by Gasteiger charge is -2.26. The van der Waals surface area contributed by atoms with Crippen LogP contribution in [0.5, 0.6) is 0 Å². The predicted octanol–water partition coefficient (Wildman–Crippen LogP) is 4.00. The summed E-state index contributed by atoms with van der Waals surface area (Å²) in [7, 11) is 0. The zero-order chi connectivity index (χ0) is 22.3. The van der Waals surface area contributed by atoms with Crippen LogP contribution in [0, 0.1) is 0 Å². The minimum Gasteiger partial charge on any atom is -0.376 e. The summed E-state index contributed by atoms with van der Waals surface area (Å²) in [6, 6.07) is 20.3. The van der Waals surface area contributed by atoms with Gasteiger partial charge < -0.3 is 16.0 Å². The number of anilines is 2. The normalized spacial score (nSPS) is 10.7. The van der Waals surface area contributed by atoms with Crippen LogP contribution in [0.15, 0.2) is 66.9 Å². The van der Waals surface area contributed by atoms with E-state index >= 15 is 0 Å². The number of nitrogens with one attached hydrogen (secondary N) is 2. The molecule has 32 heavy (non-hydrogen) atoms. The number of H-pyrrole nitrogens is 1. The molecule has 0 unspecified atom stereocenters. The van der Waals surface area contributed by atoms with E-state index < -0.39 is 0 Å². The van der Waals surface area contributed by atoms with Gasteiger partial charge in [-0.25, -0.2) is 4.98 Å². The average Bonchev–Trinajstić information content (AvgIpc) is 3.34. The highest BCUT2D eigenvalue weighted by Crippen LogP contribution is 2.30. The van der Waals surface area contributed by atoms with Crippen molar-refractivity contribution in [3.63, 3.8) is 0 Å². The number of thiocarbonyl (C=S) groups is 1. The Morgan fingerprint density at radius 1 is 1.06 bits per heavy atom. The lowest BCUT2D eigenvalue weighted by molar-refractivity contribution is 0.756. The van der Waals surface area contributed by atoms with Crippen LogP contribution < -0.4 is 16.0 Å². The van der Waals surface area contributed by atoms with Gasteiger partial charge in [-0.05, 0) is 52.7 Å². The van der Waals surface area contributed by atoms with Crippen molar-refractivity contribution >= 4 is 28.8 Å². The van der Waals surface area contributed by atoms with Gasteiger partial charge in [-0.1, -0.05) is 55.5 Å². The van der Waals surface area contributed by atoms with Crippen LogP contribution in [-0.2, 0) is 6.54 Å². The summed E-state index contributed by atoms with van der Waals surface area (Å²) >= 11 is 5.02. The number of nitrogens with two attached hydrogens (primary N) is 1. The Bertz CT molecular complexity index is 1170. The molecule has 4 aromatic rings. The second kappa shape index (κ2) is 9.97. The second-order valence-corrected chi connectivity index (χ2v) is 7.70. The molecule has 0 aliphatic heterocycles. The Morgan fingerprint density at radius 3 is 2.53 bits per heavy atom. The highest BCUT2D eigenvalue weighted by molar-refractivity contribution is 7.80. The molecule has 9 heteroatoms. The fourth-order valence-corrected chi connectivity index (χ4v) is 3.73. The molecule has 162 valence electrons. The van der Waals surface area contributed by atoms with E-state index in [4.69, 9.17) is 18.0 Å². The summed E-state index contributed by atoms with van der Waals surface area (Å²) in [6.45, 7) is 3.71. The largest absolute Gasteiger partial charge is 0.376 e. The van der Waals surface area contributed by atoms with E-state index in [0.29, 0.717) is 12.4 Å². The standard InChI is InChI=1S/C23H24N8S/c1-2-14-31(22-20(26-23(24)32)8-5-13-25-22)15-16-9-11-17(12-10-16)18-6-3-4-7-19(18)21-27-29-30-28-21/h3-13H,2,14-15H2,1H3,(H3,24,26,32)(H,27,28,29,30). The number of tetrazole rings is 1. The van der Waals surface area contributed by atoms with Gasteiger partial charge in [-0.3, -0.25) is 0 Å². The third-order valence-corrected chi connectivity index (χ3v) is 5.09. The smallest absolute Gasteiger partial charge is 0.205 e. The fraction of sp³-hybridized carbons (Fsp3) is 0.174. The van der Waals surface area contributed by atoms with Gasteiger partial charge in [0.15, 0.2) is 10.9 Å².